The lowest BCUT2D eigenvalue weighted by molar-refractivity contribution is 0.411. The summed E-state index contributed by atoms with van der Waals surface area (Å²) in [4.78, 5) is 20.6. The summed E-state index contributed by atoms with van der Waals surface area (Å²) in [6, 6.07) is 8.44. The molecule has 3 heterocycles. The van der Waals surface area contributed by atoms with Crippen LogP contribution < -0.4 is 10.6 Å². The predicted molar refractivity (Wildman–Crippen MR) is 103 cm³/mol. The van der Waals surface area contributed by atoms with Gasteiger partial charge in [0.2, 0.25) is 5.95 Å². The lowest BCUT2D eigenvalue weighted by Crippen LogP contribution is -2.37. The van der Waals surface area contributed by atoms with Crippen LogP contribution in [0.4, 0.5) is 5.95 Å². The Balaban J connectivity index is 1.72. The van der Waals surface area contributed by atoms with Crippen LogP contribution in [0.5, 0.6) is 0 Å². The van der Waals surface area contributed by atoms with Crippen molar-refractivity contribution in [2.75, 3.05) is 30.8 Å². The number of H-pyrrole nitrogens is 1. The number of nitrogens with one attached hydrogen (secondary N) is 1. The summed E-state index contributed by atoms with van der Waals surface area (Å²) < 4.78 is 0. The smallest absolute Gasteiger partial charge is 0.228 e. The highest BCUT2D eigenvalue weighted by Gasteiger charge is 2.22. The number of aromatic nitrogens is 4. The largest absolute Gasteiger partial charge is 0.341 e. The van der Waals surface area contributed by atoms with Crippen molar-refractivity contribution in [3.05, 3.63) is 30.6 Å². The Morgan fingerprint density at radius 1 is 1.20 bits per heavy atom. The number of hydrogen-bond acceptors (Lipinski definition) is 6. The van der Waals surface area contributed by atoms with E-state index in [9.17, 15) is 0 Å². The third kappa shape index (κ3) is 3.21. The number of fused-ring (bicyclic) bond motifs is 1. The van der Waals surface area contributed by atoms with E-state index in [2.05, 4.69) is 45.4 Å². The molecule has 2 aromatic heterocycles. The normalized spacial score (nSPS) is 15.8. The fourth-order valence-corrected chi connectivity index (χ4v) is 3.69. The Labute approximate surface area is 151 Å². The minimum atomic E-state index is 0.616. The van der Waals surface area contributed by atoms with E-state index in [1.807, 2.05) is 0 Å². The minimum Gasteiger partial charge on any atom is -0.341 e. The third-order valence-corrected chi connectivity index (χ3v) is 5.60. The highest BCUT2D eigenvalue weighted by molar-refractivity contribution is 7.98. The SMILES string of the molecule is CSc1ccc(-c2nc(N3CCC(CN)CC3)nc3[nH]cnc23)cc1. The topological polar surface area (TPSA) is 83.7 Å². The molecular weight excluding hydrogens is 332 g/mol. The number of rotatable bonds is 4. The number of anilines is 1. The van der Waals surface area contributed by atoms with E-state index in [-0.39, 0.29) is 0 Å². The van der Waals surface area contributed by atoms with Gasteiger partial charge in [0.25, 0.3) is 0 Å². The molecule has 7 heteroatoms. The lowest BCUT2D eigenvalue weighted by Gasteiger charge is -2.31. The quantitative estimate of drug-likeness (QED) is 0.701. The second-order valence-electron chi connectivity index (χ2n) is 6.37. The van der Waals surface area contributed by atoms with Crippen molar-refractivity contribution in [2.24, 2.45) is 11.7 Å². The first-order chi connectivity index (χ1) is 12.3. The molecule has 1 aliphatic heterocycles. The highest BCUT2D eigenvalue weighted by Crippen LogP contribution is 2.29. The van der Waals surface area contributed by atoms with Crippen LogP contribution in [0.15, 0.2) is 35.5 Å². The van der Waals surface area contributed by atoms with E-state index in [4.69, 9.17) is 15.7 Å². The number of nitrogens with two attached hydrogens (primary N) is 1. The van der Waals surface area contributed by atoms with Gasteiger partial charge in [-0.25, -0.2) is 9.97 Å². The van der Waals surface area contributed by atoms with Crippen molar-refractivity contribution >= 4 is 28.9 Å². The summed E-state index contributed by atoms with van der Waals surface area (Å²) in [7, 11) is 0. The fraction of sp³-hybridized carbons (Fsp3) is 0.389. The third-order valence-electron chi connectivity index (χ3n) is 4.86. The number of nitrogens with zero attached hydrogens (tertiary/aromatic N) is 4. The number of imidazole rings is 1. The first kappa shape index (κ1) is 16.4. The van der Waals surface area contributed by atoms with Gasteiger partial charge in [0.1, 0.15) is 11.2 Å². The standard InChI is InChI=1S/C18H22N6S/c1-25-14-4-2-13(3-5-14)15-16-17(21-11-20-16)23-18(22-15)24-8-6-12(10-19)7-9-24/h2-5,11-12H,6-10,19H2,1H3,(H,20,21,22,23). The number of thioether (sulfide) groups is 1. The van der Waals surface area contributed by atoms with Gasteiger partial charge in [-0.1, -0.05) is 12.1 Å². The number of piperidine rings is 1. The Morgan fingerprint density at radius 3 is 2.64 bits per heavy atom. The summed E-state index contributed by atoms with van der Waals surface area (Å²) in [5.41, 5.74) is 9.36. The molecule has 1 aromatic carbocycles. The summed E-state index contributed by atoms with van der Waals surface area (Å²) in [5, 5.41) is 0. The van der Waals surface area contributed by atoms with E-state index in [0.717, 1.165) is 60.8 Å². The summed E-state index contributed by atoms with van der Waals surface area (Å²) in [6.45, 7) is 2.67. The van der Waals surface area contributed by atoms with Crippen molar-refractivity contribution in [2.45, 2.75) is 17.7 Å². The van der Waals surface area contributed by atoms with Crippen molar-refractivity contribution in [1.82, 2.24) is 19.9 Å². The van der Waals surface area contributed by atoms with Gasteiger partial charge >= 0.3 is 0 Å². The monoisotopic (exact) mass is 354 g/mol. The first-order valence-corrected chi connectivity index (χ1v) is 9.81. The fourth-order valence-electron chi connectivity index (χ4n) is 3.28. The molecule has 0 radical (unpaired) electrons. The molecule has 3 N–H and O–H groups in total. The van der Waals surface area contributed by atoms with Gasteiger partial charge in [-0.15, -0.1) is 11.8 Å². The molecule has 0 atom stereocenters. The van der Waals surface area contributed by atoms with Gasteiger partial charge in [0.15, 0.2) is 5.65 Å². The number of hydrogen-bond donors (Lipinski definition) is 2. The van der Waals surface area contributed by atoms with Crippen molar-refractivity contribution in [1.29, 1.82) is 0 Å². The van der Waals surface area contributed by atoms with E-state index in [1.165, 1.54) is 4.90 Å². The Bertz CT molecular complexity index is 852. The average molecular weight is 354 g/mol. The van der Waals surface area contributed by atoms with Gasteiger partial charge in [0, 0.05) is 23.5 Å². The molecule has 0 amide bonds. The van der Waals surface area contributed by atoms with Crippen molar-refractivity contribution < 1.29 is 0 Å². The second-order valence-corrected chi connectivity index (χ2v) is 7.25. The molecule has 6 nitrogen and oxygen atoms in total. The summed E-state index contributed by atoms with van der Waals surface area (Å²) in [6.07, 6.45) is 5.95. The molecule has 1 aliphatic rings. The van der Waals surface area contributed by atoms with Crippen LogP contribution in [-0.4, -0.2) is 45.8 Å². The molecule has 0 saturated carbocycles. The van der Waals surface area contributed by atoms with Gasteiger partial charge < -0.3 is 15.6 Å². The minimum absolute atomic E-state index is 0.616. The second kappa shape index (κ2) is 7.01. The number of aromatic amines is 1. The molecule has 0 unspecified atom stereocenters. The maximum atomic E-state index is 5.81. The molecular formula is C18H22N6S. The van der Waals surface area contributed by atoms with E-state index >= 15 is 0 Å². The zero-order valence-corrected chi connectivity index (χ0v) is 15.1. The summed E-state index contributed by atoms with van der Waals surface area (Å²) in [5.74, 6) is 1.39. The van der Waals surface area contributed by atoms with Gasteiger partial charge in [-0.05, 0) is 43.7 Å². The van der Waals surface area contributed by atoms with E-state index in [0.29, 0.717) is 5.92 Å². The van der Waals surface area contributed by atoms with E-state index < -0.39 is 0 Å². The van der Waals surface area contributed by atoms with Crippen LogP contribution in [0.2, 0.25) is 0 Å². The Hall–Kier alpha value is -2.12. The lowest BCUT2D eigenvalue weighted by atomic mass is 9.97. The molecule has 0 bridgehead atoms. The molecule has 1 fully saturated rings. The molecule has 0 spiro atoms. The molecule has 1 saturated heterocycles. The van der Waals surface area contributed by atoms with E-state index in [1.54, 1.807) is 18.1 Å². The first-order valence-electron chi connectivity index (χ1n) is 8.59. The van der Waals surface area contributed by atoms with Crippen LogP contribution in [0.1, 0.15) is 12.8 Å². The van der Waals surface area contributed by atoms with Crippen molar-refractivity contribution in [3.63, 3.8) is 0 Å². The zero-order chi connectivity index (χ0) is 17.2. The Kier molecular flexibility index (Phi) is 4.59. The molecule has 0 aliphatic carbocycles. The molecule has 25 heavy (non-hydrogen) atoms. The predicted octanol–water partition coefficient (Wildman–Crippen LogP) is 2.92. The molecule has 130 valence electrons. The summed E-state index contributed by atoms with van der Waals surface area (Å²) >= 11 is 1.73. The Morgan fingerprint density at radius 2 is 1.96 bits per heavy atom. The highest BCUT2D eigenvalue weighted by atomic mass is 32.2. The van der Waals surface area contributed by atoms with Crippen LogP contribution in [0.3, 0.4) is 0 Å². The maximum absolute atomic E-state index is 5.81. The van der Waals surface area contributed by atoms with Crippen LogP contribution in [0.25, 0.3) is 22.4 Å². The van der Waals surface area contributed by atoms with Gasteiger partial charge in [-0.2, -0.15) is 4.98 Å². The molecule has 4 rings (SSSR count). The number of benzene rings is 1. The molecule has 3 aromatic rings. The van der Waals surface area contributed by atoms with Gasteiger partial charge in [-0.3, -0.25) is 0 Å². The van der Waals surface area contributed by atoms with Crippen molar-refractivity contribution in [3.8, 4) is 11.3 Å². The average Bonchev–Trinajstić information content (AvgIpc) is 3.16. The van der Waals surface area contributed by atoms with Crippen LogP contribution in [0, 0.1) is 5.92 Å². The van der Waals surface area contributed by atoms with Crippen LogP contribution >= 0.6 is 11.8 Å². The maximum Gasteiger partial charge on any atom is 0.228 e. The zero-order valence-electron chi connectivity index (χ0n) is 14.3. The van der Waals surface area contributed by atoms with Crippen LogP contribution in [-0.2, 0) is 0 Å². The van der Waals surface area contributed by atoms with Gasteiger partial charge in [0.05, 0.1) is 6.33 Å².